The molecule has 0 N–H and O–H groups in total. The van der Waals surface area contributed by atoms with Crippen LogP contribution in [0.5, 0.6) is 0 Å². The number of alkyl halides is 14. The van der Waals surface area contributed by atoms with E-state index in [0.717, 1.165) is 77.6 Å². The summed E-state index contributed by atoms with van der Waals surface area (Å²) in [5, 5.41) is -0.529. The van der Waals surface area contributed by atoms with Crippen molar-refractivity contribution in [2.45, 2.75) is 322 Å². The van der Waals surface area contributed by atoms with E-state index in [1.165, 1.54) is 38.5 Å². The maximum atomic E-state index is 14.2. The third-order valence-electron chi connectivity index (χ3n) is 36.1. The molecule has 28 aliphatic rings. The number of ether oxygens (including phenoxy) is 12. The summed E-state index contributed by atoms with van der Waals surface area (Å²) in [6.45, 7) is -3.04. The summed E-state index contributed by atoms with van der Waals surface area (Å²) in [7, 11) is -3.60. The fourth-order valence-corrected chi connectivity index (χ4v) is 34.2. The molecule has 39 heteroatoms. The van der Waals surface area contributed by atoms with Gasteiger partial charge in [0.1, 0.15) is 49.5 Å². The normalized spacial score (nSPS) is 45.1. The van der Waals surface area contributed by atoms with Crippen molar-refractivity contribution in [2.75, 3.05) is 59.5 Å². The molecule has 24 nitrogen and oxygen atoms in total. The highest BCUT2D eigenvalue weighted by atomic mass is 32.2. The SMILES string of the molecule is CC(F)(F)C(=O)OC12CC3CC(C1)C1(OCCC(COC(=O)C45CC6CC(CC(C6)C4)C5)(COC(=O)C45CC6CC(CC(C6)C4)C5)O1)C(C3)C2.CC(F)(F)COC(=O)C12CC3CC(C1)C(=O)C(C3)C2.CC(F)(F)COC(=O)C12CC3CC(C1)C1(OCC(F)(F)C(F)(F)CO1)C(C3)C2.CC(F)(F)COC(=O)C1C2CC3C(=O)OC1C3C2.CC(F)(F)COC(=O)C1C2CC3C1OS(=O)(=O)C3C2. The third kappa shape index (κ3) is 17.9. The Morgan fingerprint density at radius 2 is 0.776 bits per heavy atom. The van der Waals surface area contributed by atoms with Gasteiger partial charge in [0.2, 0.25) is 0 Å². The Labute approximate surface area is 767 Å². The monoisotopic (exact) mass is 1940 g/mol. The summed E-state index contributed by atoms with van der Waals surface area (Å²) in [6, 6.07) is 0. The topological polar surface area (TPSA) is 308 Å². The third-order valence-corrected chi connectivity index (χ3v) is 37.9. The molecule has 16 unspecified atom stereocenters. The second-order valence-electron chi connectivity index (χ2n) is 46.9. The molecule has 4 saturated heterocycles. The standard InChI is InChI=1S/C40H54F2O8.C18H22F6O4.C14H18F2O3.C12H14F2O4.C11H14F2O5S/c1-35(41,42)32(43)49-39-18-29-10-30(19-39)40(31(11-29)20-39)48-3-2-38(50-40,21-46-33(44)36-12-23-4-24(13-36)6-25(5-23)14-36)22-47-34(45)37-15-26-7-27(16-37)9-28(8-26)17-37;1-14(19,20)7-26-13(25)15-4-10-2-11(5-15)18(12(3-10)6-15)27-8-16(21,22)17(23,24)9-28-18;1-13(15,16)7-19-12(18)14-4-8-2-9(5-14)11(17)10(3-8)6-14;1-12(13,14)4-17-11(16)8-5-2-6-7(3-5)10(15)18-9(6)8;1-11(12,13)4-17-10(14)8-5-2-6-7(3-5)19(15,16)18-9(6)8/h23-31H,2-22H2,1H3;10-12H,2-9H2,1H3;8-10H,2-7H2,1H3;5-9H,2-4H2,1H3;5-9H,2-4H2,1H3. The average Bonchev–Trinajstić information content (AvgIpc) is 1.53. The zero-order valence-corrected chi connectivity index (χ0v) is 76.7. The second-order valence-corrected chi connectivity index (χ2v) is 48.7. The van der Waals surface area contributed by atoms with E-state index >= 15 is 0 Å². The lowest BCUT2D eigenvalue weighted by molar-refractivity contribution is -0.416. The Balaban J connectivity index is 0.000000116. The number of ketones is 1. The molecule has 0 amide bonds. The minimum absolute atomic E-state index is 0.00208. The van der Waals surface area contributed by atoms with Gasteiger partial charge in [0.15, 0.2) is 38.0 Å². The molecule has 16 atom stereocenters. The van der Waals surface area contributed by atoms with E-state index in [-0.39, 0.29) is 115 Å². The van der Waals surface area contributed by atoms with Crippen LogP contribution in [0.4, 0.5) is 61.5 Å². The van der Waals surface area contributed by atoms with Crippen LogP contribution in [0.1, 0.15) is 240 Å². The van der Waals surface area contributed by atoms with Crippen LogP contribution in [-0.2, 0) is 114 Å². The van der Waals surface area contributed by atoms with Crippen molar-refractivity contribution < 1.29 is 174 Å². The molecule has 24 bridgehead atoms. The number of halogens is 14. The van der Waals surface area contributed by atoms with Gasteiger partial charge in [-0.3, -0.25) is 42.5 Å². The van der Waals surface area contributed by atoms with Crippen LogP contribution in [-0.4, -0.2) is 203 Å². The quantitative estimate of drug-likeness (QED) is 0.0473. The van der Waals surface area contributed by atoms with Gasteiger partial charge < -0.3 is 56.8 Å². The first-order valence-electron chi connectivity index (χ1n) is 48.6. The van der Waals surface area contributed by atoms with Crippen molar-refractivity contribution in [3.8, 4) is 0 Å². The smallest absolute Gasteiger partial charge is 0.377 e. The van der Waals surface area contributed by atoms with E-state index < -0.39 is 207 Å². The molecule has 2 spiro atoms. The predicted octanol–water partition coefficient (Wildman–Crippen LogP) is 16.1. The van der Waals surface area contributed by atoms with Gasteiger partial charge in [-0.05, 0) is 264 Å². The Morgan fingerprint density at radius 1 is 0.403 bits per heavy atom. The van der Waals surface area contributed by atoms with Crippen LogP contribution in [0.25, 0.3) is 0 Å². The van der Waals surface area contributed by atoms with Gasteiger partial charge in [-0.25, -0.2) is 39.9 Å². The summed E-state index contributed by atoms with van der Waals surface area (Å²) in [6.07, 6.45) is 22.5. The Bertz CT molecular complexity index is 4530. The first-order valence-corrected chi connectivity index (χ1v) is 50.1. The molecule has 28 rings (SSSR count). The van der Waals surface area contributed by atoms with Gasteiger partial charge in [-0.15, -0.1) is 0 Å². The van der Waals surface area contributed by atoms with Gasteiger partial charge >= 0.3 is 65.5 Å². The van der Waals surface area contributed by atoms with Crippen LogP contribution in [0.2, 0.25) is 0 Å². The molecule has 4 heterocycles. The van der Waals surface area contributed by atoms with Gasteiger partial charge in [0.25, 0.3) is 33.8 Å². The largest absolute Gasteiger partial charge is 0.462 e. The first-order chi connectivity index (χ1) is 62.4. The number of hydrogen-bond donors (Lipinski definition) is 0. The molecular weight excluding hydrogens is 1820 g/mol. The summed E-state index contributed by atoms with van der Waals surface area (Å²) >= 11 is 0. The summed E-state index contributed by atoms with van der Waals surface area (Å²) in [5.74, 6) is -30.3. The minimum atomic E-state index is -4.35. The van der Waals surface area contributed by atoms with Crippen molar-refractivity contribution in [1.82, 2.24) is 0 Å². The molecule has 24 aliphatic carbocycles. The lowest BCUT2D eigenvalue weighted by atomic mass is 9.47. The number of carbonyl (C=O) groups excluding carboxylic acids is 9. The number of Topliss-reactive ketones (excluding diaryl/α,β-unsaturated/α-hetero) is 1. The molecule has 0 aromatic rings. The molecule has 28 fully saturated rings. The van der Waals surface area contributed by atoms with Crippen molar-refractivity contribution in [3.63, 3.8) is 0 Å². The van der Waals surface area contributed by atoms with Crippen LogP contribution >= 0.6 is 0 Å². The molecule has 4 aliphatic heterocycles. The van der Waals surface area contributed by atoms with E-state index in [1.54, 1.807) is 0 Å². The molecule has 0 aromatic carbocycles. The van der Waals surface area contributed by atoms with Gasteiger partial charge in [0.05, 0.1) is 57.4 Å². The van der Waals surface area contributed by atoms with Gasteiger partial charge in [0, 0.05) is 88.4 Å². The molecular formula is C95H122F14O24S. The van der Waals surface area contributed by atoms with E-state index in [4.69, 9.17) is 51.6 Å². The van der Waals surface area contributed by atoms with Crippen LogP contribution in [0, 0.1) is 152 Å². The Morgan fingerprint density at radius 3 is 1.22 bits per heavy atom. The minimum Gasteiger partial charge on any atom is -0.462 e. The second kappa shape index (κ2) is 33.4. The number of carbonyl (C=O) groups is 9. The number of fused-ring (bicyclic) bond motifs is 2. The molecule has 0 radical (unpaired) electrons. The first kappa shape index (κ1) is 97.0. The zero-order chi connectivity index (χ0) is 95.8. The van der Waals surface area contributed by atoms with Crippen molar-refractivity contribution in [2.24, 2.45) is 152 Å². The lowest BCUT2D eigenvalue weighted by Crippen LogP contribution is -2.71. The van der Waals surface area contributed by atoms with Crippen molar-refractivity contribution in [3.05, 3.63) is 0 Å². The van der Waals surface area contributed by atoms with E-state index in [2.05, 4.69) is 9.47 Å². The molecule has 0 aromatic heterocycles. The summed E-state index contributed by atoms with van der Waals surface area (Å²) < 4.78 is 281. The molecule has 24 saturated carbocycles. The summed E-state index contributed by atoms with van der Waals surface area (Å²) in [4.78, 5) is 113. The van der Waals surface area contributed by atoms with Gasteiger partial charge in [-0.2, -0.15) is 34.8 Å². The fourth-order valence-electron chi connectivity index (χ4n) is 32.3. The maximum Gasteiger partial charge on any atom is 0.377 e. The fraction of sp³-hybridized carbons (Fsp3) is 0.905. The van der Waals surface area contributed by atoms with E-state index in [0.29, 0.717) is 159 Å². The van der Waals surface area contributed by atoms with E-state index in [9.17, 15) is 113 Å². The molecule has 750 valence electrons. The average molecular weight is 1950 g/mol. The van der Waals surface area contributed by atoms with E-state index in [1.807, 2.05) is 0 Å². The predicted molar refractivity (Wildman–Crippen MR) is 431 cm³/mol. The number of esters is 8. The summed E-state index contributed by atoms with van der Waals surface area (Å²) in [5.41, 5.74) is -4.55. The highest BCUT2D eigenvalue weighted by molar-refractivity contribution is 7.87. The highest BCUT2D eigenvalue weighted by Gasteiger charge is 2.75. The zero-order valence-electron chi connectivity index (χ0n) is 75.9. The van der Waals surface area contributed by atoms with Crippen LogP contribution in [0.15, 0.2) is 0 Å². The number of rotatable bonds is 20. The lowest BCUT2D eigenvalue weighted by Gasteiger charge is -2.65. The number of hydrogen-bond acceptors (Lipinski definition) is 24. The van der Waals surface area contributed by atoms with Gasteiger partial charge in [-0.1, -0.05) is 0 Å². The van der Waals surface area contributed by atoms with Crippen LogP contribution < -0.4 is 0 Å². The van der Waals surface area contributed by atoms with Crippen LogP contribution in [0.3, 0.4) is 0 Å². The maximum absolute atomic E-state index is 14.2. The Kier molecular flexibility index (Phi) is 24.2. The highest BCUT2D eigenvalue weighted by Crippen LogP contribution is 2.70. The Hall–Kier alpha value is -5.80. The van der Waals surface area contributed by atoms with Crippen molar-refractivity contribution >= 4 is 63.7 Å². The molecule has 134 heavy (non-hydrogen) atoms. The van der Waals surface area contributed by atoms with Crippen molar-refractivity contribution in [1.29, 1.82) is 0 Å².